The fourth-order valence-electron chi connectivity index (χ4n) is 3.48. The van der Waals surface area contributed by atoms with Gasteiger partial charge in [-0.2, -0.15) is 4.98 Å². The lowest BCUT2D eigenvalue weighted by Gasteiger charge is -2.16. The highest BCUT2D eigenvalue weighted by Crippen LogP contribution is 2.19. The van der Waals surface area contributed by atoms with E-state index in [4.69, 9.17) is 14.2 Å². The van der Waals surface area contributed by atoms with E-state index in [1.807, 2.05) is 13.8 Å². The van der Waals surface area contributed by atoms with Crippen LogP contribution < -0.4 is 26.0 Å². The molecule has 0 aliphatic rings. The molecule has 11 heteroatoms. The number of rotatable bonds is 12. The van der Waals surface area contributed by atoms with Crippen molar-refractivity contribution in [1.82, 2.24) is 18.7 Å². The van der Waals surface area contributed by atoms with Gasteiger partial charge in [-0.1, -0.05) is 0 Å². The Morgan fingerprint density at radius 1 is 1.09 bits per heavy atom. The third kappa shape index (κ3) is 5.78. The minimum Gasteiger partial charge on any atom is -0.497 e. The standard InChI is InChI=1S/C23H33N5O6/c1-15(2)33-12-6-11-24-22-25-20-19(21(30)27(4)23(31)26(20)3)28(22)13-16(29)14-34-18-9-7-17(32-5)8-10-18/h7-10,15-16,29H,6,11-14H2,1-5H3,(H,24,25). The number of aryl methyl sites for hydroxylation is 1. The Labute approximate surface area is 197 Å². The lowest BCUT2D eigenvalue weighted by molar-refractivity contribution is 0.0786. The maximum atomic E-state index is 12.9. The third-order valence-electron chi connectivity index (χ3n) is 5.30. The van der Waals surface area contributed by atoms with Gasteiger partial charge >= 0.3 is 5.69 Å². The first-order chi connectivity index (χ1) is 16.2. The zero-order valence-corrected chi connectivity index (χ0v) is 20.3. The second kappa shape index (κ2) is 11.2. The number of anilines is 1. The van der Waals surface area contributed by atoms with Gasteiger partial charge in [-0.25, -0.2) is 4.79 Å². The van der Waals surface area contributed by atoms with Crippen molar-refractivity contribution in [2.45, 2.75) is 39.0 Å². The molecule has 2 N–H and O–H groups in total. The van der Waals surface area contributed by atoms with Crippen LogP contribution in [0.3, 0.4) is 0 Å². The topological polar surface area (TPSA) is 122 Å². The smallest absolute Gasteiger partial charge is 0.332 e. The third-order valence-corrected chi connectivity index (χ3v) is 5.30. The molecule has 186 valence electrons. The number of aliphatic hydroxyl groups is 1. The van der Waals surface area contributed by atoms with E-state index in [0.29, 0.717) is 30.6 Å². The van der Waals surface area contributed by atoms with Crippen LogP contribution in [0, 0.1) is 0 Å². The summed E-state index contributed by atoms with van der Waals surface area (Å²) in [4.78, 5) is 29.8. The van der Waals surface area contributed by atoms with Crippen molar-refractivity contribution >= 4 is 17.1 Å². The first kappa shape index (κ1) is 25.3. The van der Waals surface area contributed by atoms with Crippen LogP contribution in [0.15, 0.2) is 33.9 Å². The van der Waals surface area contributed by atoms with E-state index >= 15 is 0 Å². The number of ether oxygens (including phenoxy) is 3. The summed E-state index contributed by atoms with van der Waals surface area (Å²) in [5.41, 5.74) is -0.473. The van der Waals surface area contributed by atoms with Gasteiger partial charge in [0.15, 0.2) is 11.2 Å². The highest BCUT2D eigenvalue weighted by atomic mass is 16.5. The Morgan fingerprint density at radius 2 is 1.76 bits per heavy atom. The molecule has 0 bridgehead atoms. The molecule has 0 radical (unpaired) electrons. The lowest BCUT2D eigenvalue weighted by atomic mass is 10.3. The molecular formula is C23H33N5O6. The summed E-state index contributed by atoms with van der Waals surface area (Å²) in [7, 11) is 4.56. The Bertz CT molecular complexity index is 1210. The molecule has 0 saturated heterocycles. The molecular weight excluding hydrogens is 442 g/mol. The van der Waals surface area contributed by atoms with E-state index in [1.165, 1.54) is 11.6 Å². The quantitative estimate of drug-likeness (QED) is 0.374. The monoisotopic (exact) mass is 475 g/mol. The van der Waals surface area contributed by atoms with Gasteiger partial charge in [-0.05, 0) is 44.5 Å². The summed E-state index contributed by atoms with van der Waals surface area (Å²) < 4.78 is 20.3. The zero-order valence-electron chi connectivity index (χ0n) is 20.3. The number of methoxy groups -OCH3 is 1. The van der Waals surface area contributed by atoms with E-state index in [0.717, 1.165) is 11.0 Å². The molecule has 2 heterocycles. The highest BCUT2D eigenvalue weighted by Gasteiger charge is 2.21. The molecule has 2 aromatic heterocycles. The molecule has 3 aromatic rings. The van der Waals surface area contributed by atoms with Crippen molar-refractivity contribution in [2.24, 2.45) is 14.1 Å². The number of hydrogen-bond acceptors (Lipinski definition) is 8. The fraction of sp³-hybridized carbons (Fsp3) is 0.522. The molecule has 0 spiro atoms. The first-order valence-electron chi connectivity index (χ1n) is 11.2. The van der Waals surface area contributed by atoms with Gasteiger partial charge in [-0.15, -0.1) is 0 Å². The Morgan fingerprint density at radius 3 is 2.41 bits per heavy atom. The summed E-state index contributed by atoms with van der Waals surface area (Å²) in [5.74, 6) is 1.67. The number of nitrogens with one attached hydrogen (secondary N) is 1. The maximum Gasteiger partial charge on any atom is 0.332 e. The molecule has 11 nitrogen and oxygen atoms in total. The van der Waals surface area contributed by atoms with E-state index in [2.05, 4.69) is 10.3 Å². The number of imidazole rings is 1. The fourth-order valence-corrected chi connectivity index (χ4v) is 3.48. The van der Waals surface area contributed by atoms with Crippen LogP contribution in [0.2, 0.25) is 0 Å². The minimum absolute atomic E-state index is 0.000248. The summed E-state index contributed by atoms with van der Waals surface area (Å²) in [5, 5.41) is 13.9. The summed E-state index contributed by atoms with van der Waals surface area (Å²) in [6.07, 6.45) is -0.0733. The number of fused-ring (bicyclic) bond motifs is 1. The Balaban J connectivity index is 1.82. The Hall–Kier alpha value is -3.31. The van der Waals surface area contributed by atoms with Crippen LogP contribution in [0.5, 0.6) is 11.5 Å². The van der Waals surface area contributed by atoms with Gasteiger partial charge in [0.2, 0.25) is 5.95 Å². The molecule has 0 amide bonds. The molecule has 0 aliphatic heterocycles. The first-order valence-corrected chi connectivity index (χ1v) is 11.2. The second-order valence-corrected chi connectivity index (χ2v) is 8.26. The van der Waals surface area contributed by atoms with E-state index < -0.39 is 17.4 Å². The van der Waals surface area contributed by atoms with Gasteiger partial charge in [0, 0.05) is 27.2 Å². The van der Waals surface area contributed by atoms with Gasteiger partial charge in [0.05, 0.1) is 19.8 Å². The zero-order chi connectivity index (χ0) is 24.8. The number of aromatic nitrogens is 4. The summed E-state index contributed by atoms with van der Waals surface area (Å²) in [6, 6.07) is 7.02. The Kier molecular flexibility index (Phi) is 8.35. The highest BCUT2D eigenvalue weighted by molar-refractivity contribution is 5.74. The summed E-state index contributed by atoms with van der Waals surface area (Å²) in [6.45, 7) is 5.11. The molecule has 3 rings (SSSR count). The summed E-state index contributed by atoms with van der Waals surface area (Å²) >= 11 is 0. The lowest BCUT2D eigenvalue weighted by Crippen LogP contribution is -2.38. The molecule has 0 aliphatic carbocycles. The molecule has 34 heavy (non-hydrogen) atoms. The molecule has 0 saturated carbocycles. The van der Waals surface area contributed by atoms with Crippen molar-refractivity contribution in [3.63, 3.8) is 0 Å². The number of aliphatic hydroxyl groups excluding tert-OH is 1. The van der Waals surface area contributed by atoms with Crippen molar-refractivity contribution in [1.29, 1.82) is 0 Å². The van der Waals surface area contributed by atoms with E-state index in [9.17, 15) is 14.7 Å². The van der Waals surface area contributed by atoms with Gasteiger partial charge < -0.3 is 29.2 Å². The largest absolute Gasteiger partial charge is 0.497 e. The van der Waals surface area contributed by atoms with Crippen LogP contribution in [0.1, 0.15) is 20.3 Å². The average Bonchev–Trinajstić information content (AvgIpc) is 3.18. The predicted octanol–water partition coefficient (Wildman–Crippen LogP) is 1.11. The molecule has 1 aromatic carbocycles. The van der Waals surface area contributed by atoms with Crippen LogP contribution >= 0.6 is 0 Å². The number of hydrogen-bond donors (Lipinski definition) is 2. The second-order valence-electron chi connectivity index (χ2n) is 8.26. The van der Waals surface area contributed by atoms with Crippen molar-refractivity contribution in [3.8, 4) is 11.5 Å². The van der Waals surface area contributed by atoms with Crippen LogP contribution in [0.4, 0.5) is 5.95 Å². The van der Waals surface area contributed by atoms with Crippen molar-refractivity contribution in [2.75, 3.05) is 32.2 Å². The van der Waals surface area contributed by atoms with Gasteiger partial charge in [-0.3, -0.25) is 13.9 Å². The van der Waals surface area contributed by atoms with Crippen LogP contribution in [-0.4, -0.2) is 62.9 Å². The SMILES string of the molecule is COc1ccc(OCC(O)Cn2c(NCCCOC(C)C)nc3c2c(=O)n(C)c(=O)n3C)cc1. The van der Waals surface area contributed by atoms with Gasteiger partial charge in [0.1, 0.15) is 24.2 Å². The molecule has 1 atom stereocenters. The van der Waals surface area contributed by atoms with Crippen molar-refractivity contribution in [3.05, 3.63) is 45.1 Å². The maximum absolute atomic E-state index is 12.9. The average molecular weight is 476 g/mol. The molecule has 1 unspecified atom stereocenters. The predicted molar refractivity (Wildman–Crippen MR) is 129 cm³/mol. The van der Waals surface area contributed by atoms with Crippen LogP contribution in [-0.2, 0) is 25.4 Å². The normalized spacial score (nSPS) is 12.3. The minimum atomic E-state index is -0.939. The van der Waals surface area contributed by atoms with E-state index in [-0.39, 0.29) is 30.4 Å². The van der Waals surface area contributed by atoms with E-state index in [1.54, 1.807) is 43.0 Å². The number of benzene rings is 1. The van der Waals surface area contributed by atoms with Crippen LogP contribution in [0.25, 0.3) is 11.2 Å². The van der Waals surface area contributed by atoms with Gasteiger partial charge in [0.25, 0.3) is 5.56 Å². The molecule has 0 fully saturated rings. The number of nitrogens with zero attached hydrogens (tertiary/aromatic N) is 4. The van der Waals surface area contributed by atoms with Crippen molar-refractivity contribution < 1.29 is 19.3 Å².